The Hall–Kier alpha value is -1.46. The molecule has 0 amide bonds. The summed E-state index contributed by atoms with van der Waals surface area (Å²) in [6.45, 7) is 2.28. The number of aromatic nitrogens is 1. The third kappa shape index (κ3) is 3.52. The highest BCUT2D eigenvalue weighted by molar-refractivity contribution is 7.11. The molecule has 0 spiro atoms. The fourth-order valence-corrected chi connectivity index (χ4v) is 2.64. The molecule has 1 aromatic heterocycles. The van der Waals surface area contributed by atoms with Crippen molar-refractivity contribution in [3.63, 3.8) is 0 Å². The van der Waals surface area contributed by atoms with Gasteiger partial charge in [0.05, 0.1) is 17.2 Å². The Morgan fingerprint density at radius 2 is 2.16 bits per heavy atom. The number of aryl methyl sites for hydroxylation is 1. The molecule has 19 heavy (non-hydrogen) atoms. The summed E-state index contributed by atoms with van der Waals surface area (Å²) in [7, 11) is 0. The lowest BCUT2D eigenvalue weighted by molar-refractivity contribution is 0.284. The van der Waals surface area contributed by atoms with Gasteiger partial charge in [0.15, 0.2) is 11.6 Å². The van der Waals surface area contributed by atoms with Crippen molar-refractivity contribution < 1.29 is 14.2 Å². The minimum atomic E-state index is -0.379. The van der Waals surface area contributed by atoms with E-state index in [1.54, 1.807) is 18.2 Å². The fraction of sp³-hybridized carbons (Fsp3) is 0.357. The number of halogens is 1. The molecule has 0 unspecified atom stereocenters. The van der Waals surface area contributed by atoms with E-state index >= 15 is 0 Å². The van der Waals surface area contributed by atoms with Crippen molar-refractivity contribution in [1.29, 1.82) is 0 Å². The van der Waals surface area contributed by atoms with E-state index in [1.165, 1.54) is 17.4 Å². The van der Waals surface area contributed by atoms with Crippen LogP contribution in [0.1, 0.15) is 28.9 Å². The second kappa shape index (κ2) is 6.63. The van der Waals surface area contributed by atoms with Gasteiger partial charge in [0, 0.05) is 0 Å². The quantitative estimate of drug-likeness (QED) is 0.883. The molecule has 3 nitrogen and oxygen atoms in total. The third-order valence-corrected chi connectivity index (χ3v) is 3.70. The van der Waals surface area contributed by atoms with E-state index in [9.17, 15) is 9.50 Å². The first kappa shape index (κ1) is 14.0. The minimum Gasteiger partial charge on any atom is -0.483 e. The van der Waals surface area contributed by atoms with Gasteiger partial charge in [-0.3, -0.25) is 0 Å². The van der Waals surface area contributed by atoms with Crippen molar-refractivity contribution in [1.82, 2.24) is 4.98 Å². The van der Waals surface area contributed by atoms with Crippen LogP contribution in [0.2, 0.25) is 0 Å². The molecule has 1 heterocycles. The fourth-order valence-electron chi connectivity index (χ4n) is 1.76. The Morgan fingerprint density at radius 3 is 2.84 bits per heavy atom. The van der Waals surface area contributed by atoms with Gasteiger partial charge in [0.2, 0.25) is 0 Å². The maximum atomic E-state index is 13.4. The van der Waals surface area contributed by atoms with Gasteiger partial charge in [-0.15, -0.1) is 11.3 Å². The Morgan fingerprint density at radius 1 is 1.37 bits per heavy atom. The van der Waals surface area contributed by atoms with E-state index in [-0.39, 0.29) is 24.8 Å². The lowest BCUT2D eigenvalue weighted by Crippen LogP contribution is -1.97. The number of aliphatic hydroxyl groups is 1. The number of benzene rings is 1. The van der Waals surface area contributed by atoms with Crippen molar-refractivity contribution in [2.75, 3.05) is 0 Å². The van der Waals surface area contributed by atoms with Gasteiger partial charge in [-0.2, -0.15) is 0 Å². The number of para-hydroxylation sites is 1. The zero-order chi connectivity index (χ0) is 13.7. The van der Waals surface area contributed by atoms with Crippen LogP contribution in [0.4, 0.5) is 4.39 Å². The van der Waals surface area contributed by atoms with Gasteiger partial charge in [0.25, 0.3) is 0 Å². The molecule has 2 aromatic rings. The summed E-state index contributed by atoms with van der Waals surface area (Å²) in [5.41, 5.74) is 0.919. The highest BCUT2D eigenvalue weighted by atomic mass is 32.1. The molecule has 1 N–H and O–H groups in total. The number of hydrogen-bond acceptors (Lipinski definition) is 4. The van der Waals surface area contributed by atoms with Crippen molar-refractivity contribution in [3.8, 4) is 5.75 Å². The van der Waals surface area contributed by atoms with Crippen LogP contribution >= 0.6 is 11.3 Å². The van der Waals surface area contributed by atoms with Crippen LogP contribution in [0.15, 0.2) is 24.3 Å². The molecule has 0 aliphatic heterocycles. The summed E-state index contributed by atoms with van der Waals surface area (Å²) in [5.74, 6) is -0.157. The van der Waals surface area contributed by atoms with Crippen molar-refractivity contribution in [3.05, 3.63) is 45.7 Å². The molecule has 0 atom stereocenters. The standard InChI is InChI=1S/C14H16FNO2S/c1-2-5-11-13(8-17)19-14(16-11)9-18-12-7-4-3-6-10(12)15/h3-4,6-7,17H,2,5,8-9H2,1H3. The Kier molecular flexibility index (Phi) is 4.87. The second-order valence-corrected chi connectivity index (χ2v) is 5.27. The molecule has 2 rings (SSSR count). The molecule has 0 fully saturated rings. The highest BCUT2D eigenvalue weighted by Crippen LogP contribution is 2.23. The van der Waals surface area contributed by atoms with E-state index in [2.05, 4.69) is 11.9 Å². The number of aliphatic hydroxyl groups excluding tert-OH is 1. The second-order valence-electron chi connectivity index (χ2n) is 4.10. The molecule has 0 bridgehead atoms. The Labute approximate surface area is 115 Å². The van der Waals surface area contributed by atoms with E-state index in [0.717, 1.165) is 28.4 Å². The zero-order valence-corrected chi connectivity index (χ0v) is 11.5. The van der Waals surface area contributed by atoms with Crippen molar-refractivity contribution in [2.24, 2.45) is 0 Å². The number of nitrogens with zero attached hydrogens (tertiary/aromatic N) is 1. The molecular weight excluding hydrogens is 265 g/mol. The molecule has 5 heteroatoms. The summed E-state index contributed by atoms with van der Waals surface area (Å²) in [5, 5.41) is 10.0. The van der Waals surface area contributed by atoms with Crippen LogP contribution in [-0.2, 0) is 19.6 Å². The van der Waals surface area contributed by atoms with Crippen LogP contribution < -0.4 is 4.74 Å². The first-order valence-corrected chi connectivity index (χ1v) is 7.02. The van der Waals surface area contributed by atoms with Crippen LogP contribution in [-0.4, -0.2) is 10.1 Å². The van der Waals surface area contributed by atoms with E-state index in [1.807, 2.05) is 0 Å². The summed E-state index contributed by atoms with van der Waals surface area (Å²) < 4.78 is 18.8. The summed E-state index contributed by atoms with van der Waals surface area (Å²) >= 11 is 1.42. The number of rotatable bonds is 6. The van der Waals surface area contributed by atoms with Gasteiger partial charge in [-0.25, -0.2) is 9.37 Å². The van der Waals surface area contributed by atoms with Crippen molar-refractivity contribution in [2.45, 2.75) is 33.0 Å². The molecule has 0 saturated heterocycles. The van der Waals surface area contributed by atoms with Gasteiger partial charge in [-0.1, -0.05) is 25.5 Å². The lowest BCUT2D eigenvalue weighted by atomic mass is 10.2. The average Bonchev–Trinajstić information content (AvgIpc) is 2.81. The summed E-state index contributed by atoms with van der Waals surface area (Å²) in [6.07, 6.45) is 1.82. The topological polar surface area (TPSA) is 42.4 Å². The first-order chi connectivity index (χ1) is 9.24. The van der Waals surface area contributed by atoms with E-state index < -0.39 is 0 Å². The number of hydrogen-bond donors (Lipinski definition) is 1. The third-order valence-electron chi connectivity index (χ3n) is 2.64. The highest BCUT2D eigenvalue weighted by Gasteiger charge is 2.11. The smallest absolute Gasteiger partial charge is 0.165 e. The maximum Gasteiger partial charge on any atom is 0.165 e. The maximum absolute atomic E-state index is 13.4. The summed E-state index contributed by atoms with van der Waals surface area (Å²) in [6, 6.07) is 6.29. The van der Waals surface area contributed by atoms with Crippen LogP contribution in [0.3, 0.4) is 0 Å². The van der Waals surface area contributed by atoms with Crippen LogP contribution in [0.25, 0.3) is 0 Å². The predicted molar refractivity (Wildman–Crippen MR) is 72.8 cm³/mol. The van der Waals surface area contributed by atoms with Gasteiger partial charge in [0.1, 0.15) is 11.6 Å². The molecule has 1 aromatic carbocycles. The number of thiazole rings is 1. The van der Waals surface area contributed by atoms with Gasteiger partial charge in [-0.05, 0) is 18.6 Å². The average molecular weight is 281 g/mol. The molecule has 102 valence electrons. The van der Waals surface area contributed by atoms with E-state index in [0.29, 0.717) is 0 Å². The molecule has 0 aliphatic carbocycles. The molecular formula is C14H16FNO2S. The van der Waals surface area contributed by atoms with Gasteiger partial charge >= 0.3 is 0 Å². The van der Waals surface area contributed by atoms with Gasteiger partial charge < -0.3 is 9.84 Å². The Balaban J connectivity index is 2.05. The molecule has 0 saturated carbocycles. The predicted octanol–water partition coefficient (Wildman–Crippen LogP) is 3.31. The lowest BCUT2D eigenvalue weighted by Gasteiger charge is -2.04. The minimum absolute atomic E-state index is 0.00724. The first-order valence-electron chi connectivity index (χ1n) is 6.20. The summed E-state index contributed by atoms with van der Waals surface area (Å²) in [4.78, 5) is 5.30. The largest absolute Gasteiger partial charge is 0.483 e. The van der Waals surface area contributed by atoms with Crippen molar-refractivity contribution >= 4 is 11.3 Å². The van der Waals surface area contributed by atoms with Crippen LogP contribution in [0, 0.1) is 5.82 Å². The van der Waals surface area contributed by atoms with E-state index in [4.69, 9.17) is 4.74 Å². The normalized spacial score (nSPS) is 10.7. The molecule has 0 aliphatic rings. The zero-order valence-electron chi connectivity index (χ0n) is 10.7. The SMILES string of the molecule is CCCc1nc(COc2ccccc2F)sc1CO. The van der Waals surface area contributed by atoms with Crippen LogP contribution in [0.5, 0.6) is 5.75 Å². The number of ether oxygens (including phenoxy) is 1. The molecule has 0 radical (unpaired) electrons. The Bertz CT molecular complexity index is 542. The monoisotopic (exact) mass is 281 g/mol.